The van der Waals surface area contributed by atoms with Crippen molar-refractivity contribution in [2.24, 2.45) is 0 Å². The summed E-state index contributed by atoms with van der Waals surface area (Å²) in [5.41, 5.74) is -0.121. The number of para-hydroxylation sites is 1. The van der Waals surface area contributed by atoms with Gasteiger partial charge in [-0.05, 0) is 23.6 Å². The molecule has 7 nitrogen and oxygen atoms in total. The zero-order chi connectivity index (χ0) is 18.4. The Labute approximate surface area is 156 Å². The number of benzene rings is 1. The Bertz CT molecular complexity index is 1190. The van der Waals surface area contributed by atoms with Crippen molar-refractivity contribution in [2.75, 3.05) is 13.1 Å². The molecular formula is C19H13N3O4S. The normalized spacial score (nSPS) is 14.4. The summed E-state index contributed by atoms with van der Waals surface area (Å²) in [4.78, 5) is 31.7. The Morgan fingerprint density at radius 1 is 1.19 bits per heavy atom. The van der Waals surface area contributed by atoms with E-state index in [4.69, 9.17) is 8.94 Å². The lowest BCUT2D eigenvalue weighted by Crippen LogP contribution is -2.49. The van der Waals surface area contributed by atoms with Gasteiger partial charge in [0.05, 0.1) is 10.8 Å². The van der Waals surface area contributed by atoms with E-state index in [1.807, 2.05) is 23.6 Å². The Balaban J connectivity index is 1.33. The minimum atomic E-state index is -0.625. The molecule has 0 spiro atoms. The first kappa shape index (κ1) is 16.0. The third-order valence-corrected chi connectivity index (χ3v) is 5.44. The van der Waals surface area contributed by atoms with Crippen LogP contribution in [0.4, 0.5) is 0 Å². The van der Waals surface area contributed by atoms with Gasteiger partial charge in [-0.3, -0.25) is 4.79 Å². The van der Waals surface area contributed by atoms with Crippen LogP contribution in [0.2, 0.25) is 0 Å². The molecule has 27 heavy (non-hydrogen) atoms. The standard InChI is InChI=1S/C19H13N3O4S/c23-18(13-8-11-4-1-2-5-14(11)25-19(13)24)22-9-12(10-22)17-20-16(21-26-17)15-6-3-7-27-15/h1-8,12H,9-10H2. The zero-order valence-corrected chi connectivity index (χ0v) is 14.8. The fourth-order valence-electron chi connectivity index (χ4n) is 3.09. The van der Waals surface area contributed by atoms with Crippen LogP contribution in [-0.2, 0) is 0 Å². The lowest BCUT2D eigenvalue weighted by atomic mass is 9.99. The number of carbonyl (C=O) groups is 1. The third-order valence-electron chi connectivity index (χ3n) is 4.57. The maximum absolute atomic E-state index is 12.7. The van der Waals surface area contributed by atoms with Crippen molar-refractivity contribution in [3.8, 4) is 10.7 Å². The van der Waals surface area contributed by atoms with Crippen molar-refractivity contribution < 1.29 is 13.7 Å². The van der Waals surface area contributed by atoms with Crippen LogP contribution in [0.5, 0.6) is 0 Å². The van der Waals surface area contributed by atoms with Gasteiger partial charge < -0.3 is 13.8 Å². The highest BCUT2D eigenvalue weighted by Crippen LogP contribution is 2.29. The van der Waals surface area contributed by atoms with Gasteiger partial charge in [0.15, 0.2) is 0 Å². The number of hydrogen-bond acceptors (Lipinski definition) is 7. The molecule has 4 heterocycles. The largest absolute Gasteiger partial charge is 0.422 e. The maximum Gasteiger partial charge on any atom is 0.349 e. The Hall–Kier alpha value is -3.26. The van der Waals surface area contributed by atoms with E-state index >= 15 is 0 Å². The second-order valence-corrected chi connectivity index (χ2v) is 7.27. The number of rotatable bonds is 3. The van der Waals surface area contributed by atoms with Crippen LogP contribution in [0.15, 0.2) is 61.6 Å². The zero-order valence-electron chi connectivity index (χ0n) is 14.0. The van der Waals surface area contributed by atoms with E-state index in [-0.39, 0.29) is 17.4 Å². The van der Waals surface area contributed by atoms with Gasteiger partial charge in [0.25, 0.3) is 5.91 Å². The number of carbonyl (C=O) groups excluding carboxylic acids is 1. The van der Waals surface area contributed by atoms with E-state index in [1.165, 1.54) is 11.3 Å². The van der Waals surface area contributed by atoms with Crippen molar-refractivity contribution in [2.45, 2.75) is 5.92 Å². The number of likely N-dealkylation sites (tertiary alicyclic amines) is 1. The molecule has 5 rings (SSSR count). The lowest BCUT2D eigenvalue weighted by molar-refractivity contribution is 0.0565. The predicted molar refractivity (Wildman–Crippen MR) is 98.7 cm³/mol. The summed E-state index contributed by atoms with van der Waals surface area (Å²) in [6, 6.07) is 12.5. The molecule has 1 fully saturated rings. The van der Waals surface area contributed by atoms with Crippen molar-refractivity contribution in [1.82, 2.24) is 15.0 Å². The van der Waals surface area contributed by atoms with Crippen LogP contribution in [0, 0.1) is 0 Å². The summed E-state index contributed by atoms with van der Waals surface area (Å²) < 4.78 is 10.6. The molecule has 3 aromatic heterocycles. The maximum atomic E-state index is 12.7. The summed E-state index contributed by atoms with van der Waals surface area (Å²) in [6.45, 7) is 0.856. The Morgan fingerprint density at radius 2 is 2.04 bits per heavy atom. The molecule has 4 aromatic rings. The van der Waals surface area contributed by atoms with Gasteiger partial charge in [0.1, 0.15) is 11.1 Å². The number of amides is 1. The van der Waals surface area contributed by atoms with Crippen molar-refractivity contribution in [1.29, 1.82) is 0 Å². The van der Waals surface area contributed by atoms with Gasteiger partial charge >= 0.3 is 5.63 Å². The van der Waals surface area contributed by atoms with E-state index in [0.717, 1.165) is 10.3 Å². The molecule has 1 amide bonds. The van der Waals surface area contributed by atoms with Gasteiger partial charge in [-0.25, -0.2) is 4.79 Å². The number of aromatic nitrogens is 2. The van der Waals surface area contributed by atoms with Gasteiger partial charge in [-0.2, -0.15) is 4.98 Å². The Kier molecular flexibility index (Phi) is 3.64. The number of hydrogen-bond donors (Lipinski definition) is 0. The molecule has 1 aliphatic heterocycles. The van der Waals surface area contributed by atoms with Crippen LogP contribution >= 0.6 is 11.3 Å². The summed E-state index contributed by atoms with van der Waals surface area (Å²) in [7, 11) is 0. The molecule has 1 aromatic carbocycles. The molecule has 0 atom stereocenters. The smallest absolute Gasteiger partial charge is 0.349 e. The number of thiophene rings is 1. The minimum absolute atomic E-state index is 0.0253. The predicted octanol–water partition coefficient (Wildman–Crippen LogP) is 3.14. The van der Waals surface area contributed by atoms with Gasteiger partial charge in [-0.1, -0.05) is 29.4 Å². The molecule has 0 bridgehead atoms. The van der Waals surface area contributed by atoms with E-state index in [1.54, 1.807) is 29.2 Å². The molecule has 8 heteroatoms. The Morgan fingerprint density at radius 3 is 2.85 bits per heavy atom. The summed E-state index contributed by atoms with van der Waals surface area (Å²) in [5, 5.41) is 6.66. The summed E-state index contributed by atoms with van der Waals surface area (Å²) >= 11 is 1.54. The molecule has 0 unspecified atom stereocenters. The fraction of sp³-hybridized carbons (Fsp3) is 0.158. The molecule has 1 saturated heterocycles. The molecule has 0 N–H and O–H groups in total. The molecule has 134 valence electrons. The first-order chi connectivity index (χ1) is 13.2. The number of nitrogens with zero attached hydrogens (tertiary/aromatic N) is 3. The van der Waals surface area contributed by atoms with Gasteiger partial charge in [0, 0.05) is 18.5 Å². The van der Waals surface area contributed by atoms with Gasteiger partial charge in [-0.15, -0.1) is 11.3 Å². The van der Waals surface area contributed by atoms with E-state index in [2.05, 4.69) is 10.1 Å². The summed E-state index contributed by atoms with van der Waals surface area (Å²) in [6.07, 6.45) is 0. The van der Waals surface area contributed by atoms with Crippen LogP contribution in [0.3, 0.4) is 0 Å². The van der Waals surface area contributed by atoms with Crippen molar-refractivity contribution in [3.63, 3.8) is 0 Å². The van der Waals surface area contributed by atoms with E-state index < -0.39 is 5.63 Å². The average Bonchev–Trinajstić information content (AvgIpc) is 3.31. The van der Waals surface area contributed by atoms with Crippen molar-refractivity contribution >= 4 is 28.2 Å². The lowest BCUT2D eigenvalue weighted by Gasteiger charge is -2.36. The van der Waals surface area contributed by atoms with Crippen LogP contribution in [0.1, 0.15) is 22.2 Å². The molecule has 1 aliphatic rings. The first-order valence-electron chi connectivity index (χ1n) is 8.39. The number of fused-ring (bicyclic) bond motifs is 1. The van der Waals surface area contributed by atoms with Gasteiger partial charge in [0.2, 0.25) is 11.7 Å². The van der Waals surface area contributed by atoms with E-state index in [0.29, 0.717) is 30.4 Å². The second kappa shape index (κ2) is 6.17. The first-order valence-corrected chi connectivity index (χ1v) is 9.26. The SMILES string of the molecule is O=C(c1cc2ccccc2oc1=O)N1CC(c2nc(-c3cccs3)no2)C1. The van der Waals surface area contributed by atoms with Crippen LogP contribution in [0.25, 0.3) is 21.7 Å². The molecule has 0 aliphatic carbocycles. The highest BCUT2D eigenvalue weighted by atomic mass is 32.1. The molecular weight excluding hydrogens is 366 g/mol. The summed E-state index contributed by atoms with van der Waals surface area (Å²) in [5.74, 6) is 0.694. The highest BCUT2D eigenvalue weighted by Gasteiger charge is 2.37. The van der Waals surface area contributed by atoms with Crippen LogP contribution < -0.4 is 5.63 Å². The fourth-order valence-corrected chi connectivity index (χ4v) is 3.74. The quantitative estimate of drug-likeness (QED) is 0.508. The van der Waals surface area contributed by atoms with E-state index in [9.17, 15) is 9.59 Å². The third kappa shape index (κ3) is 2.74. The van der Waals surface area contributed by atoms with Crippen molar-refractivity contribution in [3.05, 3.63) is 69.7 Å². The minimum Gasteiger partial charge on any atom is -0.422 e. The second-order valence-electron chi connectivity index (χ2n) is 6.33. The molecule has 0 radical (unpaired) electrons. The average molecular weight is 379 g/mol. The molecule has 0 saturated carbocycles. The van der Waals surface area contributed by atoms with Crippen LogP contribution in [-0.4, -0.2) is 34.0 Å². The highest BCUT2D eigenvalue weighted by molar-refractivity contribution is 7.13. The monoisotopic (exact) mass is 379 g/mol. The topological polar surface area (TPSA) is 89.4 Å².